The molecule has 54 heavy (non-hydrogen) atoms. The van der Waals surface area contributed by atoms with E-state index in [0.717, 1.165) is 12.2 Å². The van der Waals surface area contributed by atoms with E-state index >= 15 is 0 Å². The number of carbonyl (C=O) groups excluding carboxylic acids is 5. The number of ketones is 3. The van der Waals surface area contributed by atoms with Crippen molar-refractivity contribution < 1.29 is 63.1 Å². The lowest BCUT2D eigenvalue weighted by Gasteiger charge is -2.44. The van der Waals surface area contributed by atoms with E-state index in [1.54, 1.807) is 13.0 Å². The first-order chi connectivity index (χ1) is 25.5. The quantitative estimate of drug-likeness (QED) is 0.137. The van der Waals surface area contributed by atoms with Gasteiger partial charge in [0.2, 0.25) is 11.8 Å². The Morgan fingerprint density at radius 3 is 1.85 bits per heavy atom. The van der Waals surface area contributed by atoms with E-state index in [4.69, 9.17) is 25.7 Å². The molecule has 0 saturated heterocycles. The summed E-state index contributed by atoms with van der Waals surface area (Å²) >= 11 is 0. The number of methoxy groups -OCH3 is 3. The number of carbonyl (C=O) groups is 7. The van der Waals surface area contributed by atoms with Crippen LogP contribution in [0.15, 0.2) is 63.3 Å². The van der Waals surface area contributed by atoms with Crippen molar-refractivity contribution in [3.63, 3.8) is 0 Å². The summed E-state index contributed by atoms with van der Waals surface area (Å²) in [6, 6.07) is -3.34. The molecule has 5 atom stereocenters. The third-order valence-electron chi connectivity index (χ3n) is 10.1. The van der Waals surface area contributed by atoms with Crippen LogP contribution in [0.1, 0.15) is 65.6 Å². The van der Waals surface area contributed by atoms with Gasteiger partial charge in [-0.25, -0.2) is 9.59 Å². The second-order valence-corrected chi connectivity index (χ2v) is 13.3. The first-order valence-electron chi connectivity index (χ1n) is 16.5. The molecule has 0 fully saturated rings. The maximum Gasteiger partial charge on any atom is 0.326 e. The smallest absolute Gasteiger partial charge is 0.326 e. The number of ether oxygens (including phenoxy) is 3. The zero-order chi connectivity index (χ0) is 39.7. The van der Waals surface area contributed by atoms with Crippen LogP contribution in [-0.2, 0) is 38.2 Å². The molecule has 0 radical (unpaired) electrons. The molecule has 17 heteroatoms. The standard InChI is InChI=1S/C37H36N4O13/c1-11-6-13-23-28-25(34(47)32(13)40-14(36(48)49)7-20(38)45)17(44)10-19(53-4)26(28)27-18(52-3)9-16(43)24-30(27)29(23)31(22(11)12(2)42)35(54-5)33(24)41-15(37(50)51)8-21(39)46/h6,9-10,14-15,22-23,34,40-41,47H,7-8H2,1-5H3,(H2,38,45)(H2,39,46)(H,48,49)(H,50,51). The number of amides is 2. The lowest BCUT2D eigenvalue weighted by atomic mass is 9.61. The van der Waals surface area contributed by atoms with Gasteiger partial charge in [0.15, 0.2) is 11.6 Å². The van der Waals surface area contributed by atoms with Crippen molar-refractivity contribution in [1.82, 2.24) is 5.32 Å². The fourth-order valence-electron chi connectivity index (χ4n) is 8.15. The summed E-state index contributed by atoms with van der Waals surface area (Å²) in [6.07, 6.45) is 0.599. The molecule has 5 aliphatic carbocycles. The molecule has 5 unspecified atom stereocenters. The number of aliphatic hydroxyl groups is 1. The number of primary amides is 2. The number of anilines is 1. The minimum Gasteiger partial charge on any atom is -0.496 e. The van der Waals surface area contributed by atoms with Crippen LogP contribution in [0.25, 0.3) is 5.57 Å². The van der Waals surface area contributed by atoms with Crippen LogP contribution < -0.4 is 26.8 Å². The molecule has 0 aliphatic heterocycles. The number of carboxylic acids is 2. The summed E-state index contributed by atoms with van der Waals surface area (Å²) in [6.45, 7) is 2.90. The number of rotatable bonds is 14. The van der Waals surface area contributed by atoms with Crippen molar-refractivity contribution in [2.24, 2.45) is 11.5 Å². The summed E-state index contributed by atoms with van der Waals surface area (Å²) in [5, 5.41) is 37.8. The highest BCUT2D eigenvalue weighted by Crippen LogP contribution is 2.63. The molecule has 0 bridgehead atoms. The Balaban J connectivity index is 1.87. The van der Waals surface area contributed by atoms with Crippen LogP contribution in [0.4, 0.5) is 5.69 Å². The average molecular weight is 745 g/mol. The zero-order valence-electron chi connectivity index (χ0n) is 29.6. The SMILES string of the molecule is COC1=CC(=O)C2=C3C1=C1C(OC)=CC(=O)c4c(NC(CC(N)=O)C(=O)O)c(OC)c5c(c41)C3C(=C(NC(CC(N)=O)C(=O)O)C2O)C=C(C)C5C(C)=O. The molecule has 0 saturated carbocycles. The predicted octanol–water partition coefficient (Wildman–Crippen LogP) is 0.602. The van der Waals surface area contributed by atoms with E-state index in [2.05, 4.69) is 10.6 Å². The Morgan fingerprint density at radius 1 is 0.778 bits per heavy atom. The Morgan fingerprint density at radius 2 is 1.33 bits per heavy atom. The molecule has 282 valence electrons. The van der Waals surface area contributed by atoms with Gasteiger partial charge in [0, 0.05) is 51.6 Å². The maximum atomic E-state index is 14.3. The van der Waals surface area contributed by atoms with Crippen LogP contribution in [-0.4, -0.2) is 95.9 Å². The number of Topliss-reactive ketones (excluding diaryl/α,β-unsaturated/α-hetero) is 1. The van der Waals surface area contributed by atoms with Gasteiger partial charge in [-0.15, -0.1) is 0 Å². The minimum atomic E-state index is -1.81. The van der Waals surface area contributed by atoms with E-state index in [9.17, 15) is 48.9 Å². The van der Waals surface area contributed by atoms with Gasteiger partial charge in [-0.1, -0.05) is 11.6 Å². The zero-order valence-corrected chi connectivity index (χ0v) is 29.6. The predicted molar refractivity (Wildman–Crippen MR) is 187 cm³/mol. The lowest BCUT2D eigenvalue weighted by Crippen LogP contribution is -2.46. The molecular formula is C37H36N4O13. The molecule has 0 heterocycles. The topological polar surface area (TPSA) is 284 Å². The summed E-state index contributed by atoms with van der Waals surface area (Å²) < 4.78 is 17.4. The monoisotopic (exact) mass is 744 g/mol. The van der Waals surface area contributed by atoms with Gasteiger partial charge >= 0.3 is 11.9 Å². The number of nitrogens with one attached hydrogen (secondary N) is 2. The maximum absolute atomic E-state index is 14.3. The van der Waals surface area contributed by atoms with Gasteiger partial charge < -0.3 is 51.6 Å². The third kappa shape index (κ3) is 5.55. The van der Waals surface area contributed by atoms with Gasteiger partial charge in [-0.3, -0.25) is 24.0 Å². The fraction of sp³-hybridized carbons (Fsp3) is 0.324. The van der Waals surface area contributed by atoms with Gasteiger partial charge in [-0.05, 0) is 30.6 Å². The molecule has 6 rings (SSSR count). The number of aliphatic carboxylic acids is 2. The number of benzene rings is 1. The van der Waals surface area contributed by atoms with Crippen LogP contribution in [0.5, 0.6) is 5.75 Å². The highest BCUT2D eigenvalue weighted by Gasteiger charge is 2.53. The first kappa shape index (κ1) is 37.3. The van der Waals surface area contributed by atoms with E-state index in [0.29, 0.717) is 5.57 Å². The molecule has 1 aromatic rings. The largest absolute Gasteiger partial charge is 0.496 e. The summed E-state index contributed by atoms with van der Waals surface area (Å²) in [5.74, 6) is -9.19. The Hall–Kier alpha value is -6.49. The van der Waals surface area contributed by atoms with Gasteiger partial charge in [0.1, 0.15) is 41.2 Å². The number of hydrogen-bond acceptors (Lipinski definition) is 13. The number of allylic oxidation sites excluding steroid dienone is 7. The van der Waals surface area contributed by atoms with Gasteiger partial charge in [0.05, 0.1) is 51.3 Å². The van der Waals surface area contributed by atoms with Crippen LogP contribution in [0.2, 0.25) is 0 Å². The lowest BCUT2D eigenvalue weighted by molar-refractivity contribution is -0.141. The van der Waals surface area contributed by atoms with Gasteiger partial charge in [-0.2, -0.15) is 0 Å². The first-order valence-corrected chi connectivity index (χ1v) is 16.5. The summed E-state index contributed by atoms with van der Waals surface area (Å²) in [7, 11) is 3.85. The number of hydrogen-bond donors (Lipinski definition) is 7. The van der Waals surface area contributed by atoms with Crippen LogP contribution in [0, 0.1) is 0 Å². The normalized spacial score (nSPS) is 21.8. The number of nitrogens with two attached hydrogens (primary N) is 2. The third-order valence-corrected chi connectivity index (χ3v) is 10.1. The molecule has 2 amide bonds. The number of carboxylic acid groups (broad SMARTS) is 2. The van der Waals surface area contributed by atoms with Crippen molar-refractivity contribution >= 4 is 52.4 Å². The van der Waals surface area contributed by atoms with E-state index in [1.807, 2.05) is 0 Å². The summed E-state index contributed by atoms with van der Waals surface area (Å²) in [5.41, 5.74) is 11.7. The molecular weight excluding hydrogens is 708 g/mol. The minimum absolute atomic E-state index is 0.0000184. The Kier molecular flexibility index (Phi) is 9.31. The van der Waals surface area contributed by atoms with E-state index in [-0.39, 0.29) is 78.8 Å². The molecule has 9 N–H and O–H groups in total. The van der Waals surface area contributed by atoms with Crippen LogP contribution in [0.3, 0.4) is 0 Å². The van der Waals surface area contributed by atoms with Crippen molar-refractivity contribution in [1.29, 1.82) is 0 Å². The Labute approximate surface area is 306 Å². The molecule has 1 aromatic carbocycles. The second kappa shape index (κ2) is 13.5. The summed E-state index contributed by atoms with van der Waals surface area (Å²) in [4.78, 5) is 91.0. The van der Waals surface area contributed by atoms with E-state index < -0.39 is 84.0 Å². The Bertz CT molecular complexity index is 2220. The second-order valence-electron chi connectivity index (χ2n) is 13.3. The van der Waals surface area contributed by atoms with Crippen molar-refractivity contribution in [2.75, 3.05) is 26.6 Å². The highest BCUT2D eigenvalue weighted by molar-refractivity contribution is 6.21. The van der Waals surface area contributed by atoms with Crippen molar-refractivity contribution in [3.8, 4) is 5.75 Å². The highest BCUT2D eigenvalue weighted by atomic mass is 16.5. The molecule has 0 spiro atoms. The van der Waals surface area contributed by atoms with Crippen molar-refractivity contribution in [2.45, 2.75) is 56.7 Å². The van der Waals surface area contributed by atoms with Crippen molar-refractivity contribution in [3.05, 3.63) is 85.6 Å². The number of aliphatic hydroxyl groups excluding tert-OH is 1. The molecule has 17 nitrogen and oxygen atoms in total. The van der Waals surface area contributed by atoms with Crippen LogP contribution >= 0.6 is 0 Å². The average Bonchev–Trinajstić information content (AvgIpc) is 3.22. The molecule has 0 aromatic heterocycles. The molecule has 5 aliphatic rings. The fourth-order valence-corrected chi connectivity index (χ4v) is 8.15. The van der Waals surface area contributed by atoms with Gasteiger partial charge in [0.25, 0.3) is 0 Å². The van der Waals surface area contributed by atoms with E-state index in [1.165, 1.54) is 28.3 Å².